The fraction of sp³-hybridized carbons (Fsp3) is 0. The Balaban J connectivity index is 0.991. The lowest BCUT2D eigenvalue weighted by Gasteiger charge is -2.14. The standard InChI is InChI=1S/C60H37N3O/c1-2-15-38(16-3-1)39-17-14-18-40(33-39)41-34-57(60-48-23-8-13-28-58(48)64-59(60)35-41)63-54-27-12-7-22-47(54)50-37-43(30-32-56(50)63)62-53-26-11-6-21-46(53)49-36-42(29-31-55(49)62)61-51-24-9-4-19-44(51)45-20-5-10-25-52(45)61/h1-37H. The number of aromatic nitrogens is 3. The zero-order chi connectivity index (χ0) is 41.9. The van der Waals surface area contributed by atoms with Crippen molar-refractivity contribution in [1.82, 2.24) is 13.7 Å². The third-order valence-corrected chi connectivity index (χ3v) is 13.4. The number of furan rings is 1. The maximum Gasteiger partial charge on any atom is 0.138 e. The molecule has 0 bridgehead atoms. The third kappa shape index (κ3) is 5.05. The van der Waals surface area contributed by atoms with Crippen LogP contribution in [-0.4, -0.2) is 13.7 Å². The molecule has 0 fully saturated rings. The van der Waals surface area contributed by atoms with E-state index >= 15 is 0 Å². The van der Waals surface area contributed by atoms with Gasteiger partial charge in [-0.1, -0.05) is 140 Å². The maximum absolute atomic E-state index is 6.70. The molecule has 0 aliphatic rings. The second kappa shape index (κ2) is 13.4. The van der Waals surface area contributed by atoms with Crippen LogP contribution in [0.4, 0.5) is 0 Å². The first-order valence-corrected chi connectivity index (χ1v) is 21.9. The van der Waals surface area contributed by atoms with Gasteiger partial charge in [0.2, 0.25) is 0 Å². The van der Waals surface area contributed by atoms with Crippen LogP contribution in [0.2, 0.25) is 0 Å². The molecule has 0 N–H and O–H groups in total. The molecule has 10 aromatic carbocycles. The first-order valence-electron chi connectivity index (χ1n) is 21.9. The van der Waals surface area contributed by atoms with Crippen molar-refractivity contribution in [2.45, 2.75) is 0 Å². The van der Waals surface area contributed by atoms with E-state index in [1.54, 1.807) is 0 Å². The first kappa shape index (κ1) is 35.0. The molecule has 0 radical (unpaired) electrons. The summed E-state index contributed by atoms with van der Waals surface area (Å²) < 4.78 is 14.0. The summed E-state index contributed by atoms with van der Waals surface area (Å²) in [6.45, 7) is 0. The molecule has 64 heavy (non-hydrogen) atoms. The van der Waals surface area contributed by atoms with Gasteiger partial charge in [-0.3, -0.25) is 0 Å². The fourth-order valence-corrected chi connectivity index (χ4v) is 10.6. The second-order valence-corrected chi connectivity index (χ2v) is 16.9. The van der Waals surface area contributed by atoms with Gasteiger partial charge in [0.05, 0.1) is 44.2 Å². The van der Waals surface area contributed by atoms with E-state index < -0.39 is 0 Å². The minimum absolute atomic E-state index is 0.868. The zero-order valence-corrected chi connectivity index (χ0v) is 34.6. The highest BCUT2D eigenvalue weighted by Gasteiger charge is 2.22. The average molecular weight is 816 g/mol. The lowest BCUT2D eigenvalue weighted by atomic mass is 9.97. The normalized spacial score (nSPS) is 12.1. The number of nitrogens with zero attached hydrogens (tertiary/aromatic N) is 3. The molecule has 14 aromatic rings. The minimum atomic E-state index is 0.868. The van der Waals surface area contributed by atoms with Crippen molar-refractivity contribution in [2.24, 2.45) is 0 Å². The molecule has 4 aromatic heterocycles. The van der Waals surface area contributed by atoms with E-state index in [1.807, 2.05) is 0 Å². The van der Waals surface area contributed by atoms with Gasteiger partial charge in [0, 0.05) is 49.1 Å². The number of para-hydroxylation sites is 5. The molecule has 0 saturated carbocycles. The molecule has 4 nitrogen and oxygen atoms in total. The summed E-state index contributed by atoms with van der Waals surface area (Å²) in [6.07, 6.45) is 0. The topological polar surface area (TPSA) is 27.9 Å². The van der Waals surface area contributed by atoms with E-state index in [4.69, 9.17) is 4.42 Å². The largest absolute Gasteiger partial charge is 0.456 e. The van der Waals surface area contributed by atoms with Gasteiger partial charge in [-0.25, -0.2) is 0 Å². The summed E-state index contributed by atoms with van der Waals surface area (Å²) >= 11 is 0. The smallest absolute Gasteiger partial charge is 0.138 e. The summed E-state index contributed by atoms with van der Waals surface area (Å²) in [7, 11) is 0. The predicted octanol–water partition coefficient (Wildman–Crippen LogP) is 16.2. The van der Waals surface area contributed by atoms with Crippen LogP contribution >= 0.6 is 0 Å². The Labute approximate surface area is 367 Å². The molecule has 4 heterocycles. The van der Waals surface area contributed by atoms with Crippen molar-refractivity contribution in [3.05, 3.63) is 224 Å². The Morgan fingerprint density at radius 1 is 0.250 bits per heavy atom. The van der Waals surface area contributed by atoms with Crippen LogP contribution < -0.4 is 0 Å². The van der Waals surface area contributed by atoms with Gasteiger partial charge in [0.15, 0.2) is 0 Å². The minimum Gasteiger partial charge on any atom is -0.456 e. The highest BCUT2D eigenvalue weighted by molar-refractivity contribution is 6.17. The summed E-state index contributed by atoms with van der Waals surface area (Å²) in [5.41, 5.74) is 16.8. The molecule has 0 aliphatic carbocycles. The predicted molar refractivity (Wildman–Crippen MR) is 268 cm³/mol. The summed E-state index contributed by atoms with van der Waals surface area (Å²) in [5, 5.41) is 9.57. The molecule has 4 heteroatoms. The van der Waals surface area contributed by atoms with Crippen LogP contribution in [0, 0.1) is 0 Å². The van der Waals surface area contributed by atoms with Crippen LogP contribution in [0.3, 0.4) is 0 Å². The van der Waals surface area contributed by atoms with E-state index in [2.05, 4.69) is 238 Å². The van der Waals surface area contributed by atoms with E-state index in [1.165, 1.54) is 65.5 Å². The lowest BCUT2D eigenvalue weighted by molar-refractivity contribution is 0.669. The number of hydrogen-bond acceptors (Lipinski definition) is 1. The Morgan fingerprint density at radius 3 is 1.28 bits per heavy atom. The lowest BCUT2D eigenvalue weighted by Crippen LogP contribution is -1.97. The van der Waals surface area contributed by atoms with Crippen LogP contribution in [0.25, 0.3) is 127 Å². The van der Waals surface area contributed by atoms with E-state index in [9.17, 15) is 0 Å². The van der Waals surface area contributed by atoms with Crippen molar-refractivity contribution >= 4 is 87.4 Å². The van der Waals surface area contributed by atoms with Crippen LogP contribution in [0.1, 0.15) is 0 Å². The monoisotopic (exact) mass is 815 g/mol. The SMILES string of the molecule is c1ccc(-c2cccc(-c3cc(-n4c5ccccc5c5cc(-n6c7ccccc7c7cc(-n8c9ccccc9c9ccccc98)ccc76)ccc54)c4c(c3)oc3ccccc34)c2)cc1. The van der Waals surface area contributed by atoms with Gasteiger partial charge in [-0.05, 0) is 107 Å². The molecule has 0 unspecified atom stereocenters. The summed E-state index contributed by atoms with van der Waals surface area (Å²) in [6, 6.07) is 81.5. The van der Waals surface area contributed by atoms with Crippen LogP contribution in [0.5, 0.6) is 0 Å². The molecule has 0 saturated heterocycles. The van der Waals surface area contributed by atoms with Crippen molar-refractivity contribution in [2.75, 3.05) is 0 Å². The molecule has 298 valence electrons. The van der Waals surface area contributed by atoms with Crippen molar-refractivity contribution < 1.29 is 4.42 Å². The fourth-order valence-electron chi connectivity index (χ4n) is 10.6. The van der Waals surface area contributed by atoms with Crippen LogP contribution in [-0.2, 0) is 0 Å². The maximum atomic E-state index is 6.70. The molecule has 0 aliphatic heterocycles. The van der Waals surface area contributed by atoms with Crippen molar-refractivity contribution in [3.63, 3.8) is 0 Å². The average Bonchev–Trinajstić information content (AvgIpc) is 4.10. The Morgan fingerprint density at radius 2 is 0.688 bits per heavy atom. The van der Waals surface area contributed by atoms with E-state index in [-0.39, 0.29) is 0 Å². The number of hydrogen-bond donors (Lipinski definition) is 0. The molecular formula is C60H37N3O. The first-order chi connectivity index (χ1) is 31.7. The van der Waals surface area contributed by atoms with Gasteiger partial charge in [0.1, 0.15) is 11.2 Å². The Bertz CT molecular complexity index is 4140. The summed E-state index contributed by atoms with van der Waals surface area (Å²) in [4.78, 5) is 0. The molecule has 0 spiro atoms. The van der Waals surface area contributed by atoms with Gasteiger partial charge in [0.25, 0.3) is 0 Å². The highest BCUT2D eigenvalue weighted by Crippen LogP contribution is 2.43. The Kier molecular flexibility index (Phi) is 7.36. The second-order valence-electron chi connectivity index (χ2n) is 16.9. The van der Waals surface area contributed by atoms with Crippen molar-refractivity contribution in [1.29, 1.82) is 0 Å². The van der Waals surface area contributed by atoms with Crippen LogP contribution in [0.15, 0.2) is 229 Å². The van der Waals surface area contributed by atoms with Crippen molar-refractivity contribution in [3.8, 4) is 39.3 Å². The number of rotatable bonds is 5. The summed E-state index contributed by atoms with van der Waals surface area (Å²) in [5.74, 6) is 0. The zero-order valence-electron chi connectivity index (χ0n) is 34.6. The van der Waals surface area contributed by atoms with E-state index in [0.29, 0.717) is 0 Å². The van der Waals surface area contributed by atoms with Gasteiger partial charge in [-0.15, -0.1) is 0 Å². The third-order valence-electron chi connectivity index (χ3n) is 13.4. The van der Waals surface area contributed by atoms with E-state index in [0.717, 1.165) is 61.2 Å². The van der Waals surface area contributed by atoms with Gasteiger partial charge < -0.3 is 18.1 Å². The molecular weight excluding hydrogens is 779 g/mol. The Hall–Kier alpha value is -8.60. The number of benzene rings is 10. The highest BCUT2D eigenvalue weighted by atomic mass is 16.3. The van der Waals surface area contributed by atoms with Gasteiger partial charge in [-0.2, -0.15) is 0 Å². The van der Waals surface area contributed by atoms with Gasteiger partial charge >= 0.3 is 0 Å². The molecule has 14 rings (SSSR count). The molecule has 0 amide bonds. The molecule has 0 atom stereocenters. The number of fused-ring (bicyclic) bond motifs is 12. The quantitative estimate of drug-likeness (QED) is 0.170.